The lowest BCUT2D eigenvalue weighted by Crippen LogP contribution is -2.03. The zero-order chi connectivity index (χ0) is 17.4. The van der Waals surface area contributed by atoms with E-state index in [0.717, 1.165) is 39.8 Å². The Kier molecular flexibility index (Phi) is 3.57. The number of hydrogen-bond acceptors (Lipinski definition) is 1. The van der Waals surface area contributed by atoms with Crippen molar-refractivity contribution in [2.45, 2.75) is 6.18 Å². The molecule has 124 valence electrons. The minimum atomic E-state index is -4.32. The second-order valence-electron chi connectivity index (χ2n) is 5.75. The van der Waals surface area contributed by atoms with E-state index in [1.54, 1.807) is 12.4 Å². The van der Waals surface area contributed by atoms with Crippen LogP contribution in [0.25, 0.3) is 27.7 Å². The van der Waals surface area contributed by atoms with E-state index in [2.05, 4.69) is 4.98 Å². The third-order valence-electron chi connectivity index (χ3n) is 4.16. The Balaban J connectivity index is 1.73. The molecule has 5 heteroatoms. The van der Waals surface area contributed by atoms with E-state index in [1.807, 2.05) is 47.2 Å². The molecule has 25 heavy (non-hydrogen) atoms. The van der Waals surface area contributed by atoms with Gasteiger partial charge in [0.1, 0.15) is 0 Å². The standard InChI is InChI=1S/C20H13F3N2/c21-20(22,23)17-6-3-14(4-7-17)15-5-8-19-16(12-15)9-11-25(19)18-2-1-10-24-13-18/h1-13H. The highest BCUT2D eigenvalue weighted by Crippen LogP contribution is 2.32. The lowest BCUT2D eigenvalue weighted by atomic mass is 10.0. The number of nitrogens with zero attached hydrogens (tertiary/aromatic N) is 2. The molecule has 0 aliphatic carbocycles. The van der Waals surface area contributed by atoms with Crippen molar-refractivity contribution in [2.24, 2.45) is 0 Å². The van der Waals surface area contributed by atoms with E-state index >= 15 is 0 Å². The molecular weight excluding hydrogens is 325 g/mol. The number of rotatable bonds is 2. The topological polar surface area (TPSA) is 17.8 Å². The van der Waals surface area contributed by atoms with Gasteiger partial charge < -0.3 is 4.57 Å². The maximum atomic E-state index is 12.7. The molecule has 0 unspecified atom stereocenters. The van der Waals surface area contributed by atoms with Gasteiger partial charge in [-0.25, -0.2) is 0 Å². The minimum absolute atomic E-state index is 0.639. The van der Waals surface area contributed by atoms with Crippen LogP contribution in [0.15, 0.2) is 79.3 Å². The van der Waals surface area contributed by atoms with Crippen LogP contribution in [-0.2, 0) is 6.18 Å². The van der Waals surface area contributed by atoms with Crippen LogP contribution in [0.4, 0.5) is 13.2 Å². The summed E-state index contributed by atoms with van der Waals surface area (Å²) in [5.41, 5.74) is 2.97. The molecule has 0 fully saturated rings. The van der Waals surface area contributed by atoms with Crippen molar-refractivity contribution in [3.05, 3.63) is 84.8 Å². The van der Waals surface area contributed by atoms with Gasteiger partial charge in [0.25, 0.3) is 0 Å². The van der Waals surface area contributed by atoms with E-state index in [1.165, 1.54) is 12.1 Å². The monoisotopic (exact) mass is 338 g/mol. The second kappa shape index (κ2) is 5.77. The van der Waals surface area contributed by atoms with Gasteiger partial charge in [-0.2, -0.15) is 13.2 Å². The molecule has 0 N–H and O–H groups in total. The van der Waals surface area contributed by atoms with E-state index in [9.17, 15) is 13.2 Å². The molecule has 2 aromatic heterocycles. The molecule has 4 aromatic rings. The first-order valence-electron chi connectivity index (χ1n) is 7.71. The first-order chi connectivity index (χ1) is 12.0. The fraction of sp³-hybridized carbons (Fsp3) is 0.0500. The molecule has 0 saturated carbocycles. The lowest BCUT2D eigenvalue weighted by Gasteiger charge is -2.09. The molecule has 0 aliphatic rings. The zero-order valence-corrected chi connectivity index (χ0v) is 13.0. The SMILES string of the molecule is FC(F)(F)c1ccc(-c2ccc3c(ccn3-c3cccnc3)c2)cc1. The average Bonchev–Trinajstić information content (AvgIpc) is 3.05. The Morgan fingerprint density at radius 2 is 1.60 bits per heavy atom. The number of fused-ring (bicyclic) bond motifs is 1. The minimum Gasteiger partial charge on any atom is -0.315 e. The van der Waals surface area contributed by atoms with Gasteiger partial charge in [0.2, 0.25) is 0 Å². The highest BCUT2D eigenvalue weighted by atomic mass is 19.4. The zero-order valence-electron chi connectivity index (χ0n) is 13.0. The molecule has 0 bridgehead atoms. The van der Waals surface area contributed by atoms with Gasteiger partial charge in [-0.15, -0.1) is 0 Å². The van der Waals surface area contributed by atoms with Gasteiger partial charge in [-0.1, -0.05) is 18.2 Å². The lowest BCUT2D eigenvalue weighted by molar-refractivity contribution is -0.137. The van der Waals surface area contributed by atoms with Crippen LogP contribution in [0, 0.1) is 0 Å². The van der Waals surface area contributed by atoms with E-state index in [-0.39, 0.29) is 0 Å². The van der Waals surface area contributed by atoms with Crippen LogP contribution in [0.1, 0.15) is 5.56 Å². The van der Waals surface area contributed by atoms with Crippen molar-refractivity contribution in [2.75, 3.05) is 0 Å². The summed E-state index contributed by atoms with van der Waals surface area (Å²) in [7, 11) is 0. The Hall–Kier alpha value is -3.08. The number of aromatic nitrogens is 2. The number of halogens is 3. The average molecular weight is 338 g/mol. The molecular formula is C20H13F3N2. The first-order valence-corrected chi connectivity index (χ1v) is 7.71. The van der Waals surface area contributed by atoms with Crippen LogP contribution >= 0.6 is 0 Å². The number of benzene rings is 2. The van der Waals surface area contributed by atoms with Crippen molar-refractivity contribution in [1.82, 2.24) is 9.55 Å². The molecule has 0 saturated heterocycles. The Morgan fingerprint density at radius 1 is 0.840 bits per heavy atom. The smallest absolute Gasteiger partial charge is 0.315 e. The second-order valence-corrected chi connectivity index (χ2v) is 5.75. The third kappa shape index (κ3) is 2.89. The summed E-state index contributed by atoms with van der Waals surface area (Å²) in [6.45, 7) is 0. The molecule has 0 spiro atoms. The Labute approximate surface area is 142 Å². The molecule has 0 aliphatic heterocycles. The van der Waals surface area contributed by atoms with Gasteiger partial charge in [0, 0.05) is 17.8 Å². The molecule has 0 radical (unpaired) electrons. The van der Waals surface area contributed by atoms with Crippen molar-refractivity contribution >= 4 is 10.9 Å². The highest BCUT2D eigenvalue weighted by Gasteiger charge is 2.29. The summed E-state index contributed by atoms with van der Waals surface area (Å²) in [4.78, 5) is 4.13. The van der Waals surface area contributed by atoms with Crippen LogP contribution in [0.2, 0.25) is 0 Å². The molecule has 4 rings (SSSR count). The Bertz CT molecular complexity index is 1020. The molecule has 2 nitrogen and oxygen atoms in total. The molecule has 0 atom stereocenters. The van der Waals surface area contributed by atoms with Gasteiger partial charge in [0.05, 0.1) is 23.0 Å². The highest BCUT2D eigenvalue weighted by molar-refractivity contribution is 5.87. The first kappa shape index (κ1) is 15.4. The summed E-state index contributed by atoms with van der Waals surface area (Å²) < 4.78 is 40.1. The van der Waals surface area contributed by atoms with Crippen LogP contribution in [-0.4, -0.2) is 9.55 Å². The summed E-state index contributed by atoms with van der Waals surface area (Å²) in [6.07, 6.45) is 1.14. The normalized spacial score (nSPS) is 11.8. The summed E-state index contributed by atoms with van der Waals surface area (Å²) in [5.74, 6) is 0. The quantitative estimate of drug-likeness (QED) is 0.458. The predicted molar refractivity (Wildman–Crippen MR) is 91.5 cm³/mol. The van der Waals surface area contributed by atoms with E-state index in [0.29, 0.717) is 0 Å². The molecule has 2 aromatic carbocycles. The summed E-state index contributed by atoms with van der Waals surface area (Å²) >= 11 is 0. The predicted octanol–water partition coefficient (Wildman–Crippen LogP) is 5.71. The largest absolute Gasteiger partial charge is 0.416 e. The van der Waals surface area contributed by atoms with Crippen molar-refractivity contribution in [3.63, 3.8) is 0 Å². The maximum absolute atomic E-state index is 12.7. The fourth-order valence-electron chi connectivity index (χ4n) is 2.90. The Morgan fingerprint density at radius 3 is 2.28 bits per heavy atom. The fourth-order valence-corrected chi connectivity index (χ4v) is 2.90. The number of alkyl halides is 3. The van der Waals surface area contributed by atoms with Crippen molar-refractivity contribution in [3.8, 4) is 16.8 Å². The van der Waals surface area contributed by atoms with Gasteiger partial charge in [-0.3, -0.25) is 4.98 Å². The maximum Gasteiger partial charge on any atom is 0.416 e. The van der Waals surface area contributed by atoms with Crippen LogP contribution in [0.3, 0.4) is 0 Å². The van der Waals surface area contributed by atoms with E-state index < -0.39 is 11.7 Å². The molecule has 2 heterocycles. The number of pyridine rings is 1. The van der Waals surface area contributed by atoms with Gasteiger partial charge in [0.15, 0.2) is 0 Å². The van der Waals surface area contributed by atoms with Gasteiger partial charge >= 0.3 is 6.18 Å². The van der Waals surface area contributed by atoms with Crippen LogP contribution < -0.4 is 0 Å². The molecule has 0 amide bonds. The third-order valence-corrected chi connectivity index (χ3v) is 4.16. The summed E-state index contributed by atoms with van der Waals surface area (Å²) in [6, 6.07) is 16.9. The summed E-state index contributed by atoms with van der Waals surface area (Å²) in [5, 5.41) is 1.02. The van der Waals surface area contributed by atoms with Crippen molar-refractivity contribution in [1.29, 1.82) is 0 Å². The van der Waals surface area contributed by atoms with Crippen molar-refractivity contribution < 1.29 is 13.2 Å². The van der Waals surface area contributed by atoms with E-state index in [4.69, 9.17) is 0 Å². The van der Waals surface area contributed by atoms with Crippen LogP contribution in [0.5, 0.6) is 0 Å². The van der Waals surface area contributed by atoms with Gasteiger partial charge in [-0.05, 0) is 53.6 Å². The number of hydrogen-bond donors (Lipinski definition) is 0.